The topological polar surface area (TPSA) is 104 Å². The second-order valence-electron chi connectivity index (χ2n) is 12.9. The van der Waals surface area contributed by atoms with E-state index in [9.17, 15) is 4.57 Å². The SMILES string of the molecule is COc1cc(N2CCC(N3CC[C@H](N(C)C)C3)CC2)c(C)cc1Nc1ncc(Cl)c(Nc2ccc3c(c2P(C)(C)=O)OCCO3)n1. The lowest BCUT2D eigenvalue weighted by molar-refractivity contribution is 0.173. The first kappa shape index (κ1) is 32.7. The number of piperidine rings is 1. The van der Waals surface area contributed by atoms with Crippen molar-refractivity contribution in [3.63, 3.8) is 0 Å². The van der Waals surface area contributed by atoms with E-state index in [0.717, 1.165) is 37.2 Å². The Morgan fingerprint density at radius 1 is 1.04 bits per heavy atom. The van der Waals surface area contributed by atoms with Gasteiger partial charge in [0.15, 0.2) is 17.3 Å². The number of nitrogens with one attached hydrogen (secondary N) is 2. The van der Waals surface area contributed by atoms with Gasteiger partial charge < -0.3 is 39.2 Å². The molecule has 11 nitrogen and oxygen atoms in total. The van der Waals surface area contributed by atoms with Gasteiger partial charge in [-0.05, 0) is 77.4 Å². The maximum Gasteiger partial charge on any atom is 0.229 e. The zero-order valence-electron chi connectivity index (χ0n) is 27.6. The van der Waals surface area contributed by atoms with Crippen molar-refractivity contribution in [2.75, 3.05) is 89.5 Å². The number of aryl methyl sites for hydroxylation is 1. The lowest BCUT2D eigenvalue weighted by atomic mass is 10.0. The highest BCUT2D eigenvalue weighted by Crippen LogP contribution is 2.47. The lowest BCUT2D eigenvalue weighted by Gasteiger charge is -2.38. The van der Waals surface area contributed by atoms with Crippen LogP contribution in [0.1, 0.15) is 24.8 Å². The Morgan fingerprint density at radius 2 is 1.80 bits per heavy atom. The van der Waals surface area contributed by atoms with Crippen LogP contribution in [0, 0.1) is 6.92 Å². The van der Waals surface area contributed by atoms with Crippen LogP contribution >= 0.6 is 18.7 Å². The number of ether oxygens (including phenoxy) is 3. The van der Waals surface area contributed by atoms with Gasteiger partial charge in [0.05, 0.1) is 30.0 Å². The third-order valence-electron chi connectivity index (χ3n) is 9.23. The molecular formula is C33H45ClN7O4P. The highest BCUT2D eigenvalue weighted by Gasteiger charge is 2.32. The number of nitrogens with zero attached hydrogens (tertiary/aromatic N) is 5. The second kappa shape index (κ2) is 13.5. The van der Waals surface area contributed by atoms with Gasteiger partial charge in [-0.1, -0.05) is 11.6 Å². The number of hydrogen-bond donors (Lipinski definition) is 2. The molecule has 2 saturated heterocycles. The van der Waals surface area contributed by atoms with Gasteiger partial charge in [0.25, 0.3) is 0 Å². The molecule has 6 rings (SSSR count). The van der Waals surface area contributed by atoms with Crippen molar-refractivity contribution in [2.24, 2.45) is 0 Å². The summed E-state index contributed by atoms with van der Waals surface area (Å²) in [7, 11) is 3.28. The highest BCUT2D eigenvalue weighted by molar-refractivity contribution is 7.70. The fourth-order valence-electron chi connectivity index (χ4n) is 6.78. The Bertz CT molecular complexity index is 1630. The smallest absolute Gasteiger partial charge is 0.229 e. The van der Waals surface area contributed by atoms with Crippen molar-refractivity contribution in [3.8, 4) is 17.2 Å². The van der Waals surface area contributed by atoms with E-state index < -0.39 is 7.14 Å². The van der Waals surface area contributed by atoms with Gasteiger partial charge >= 0.3 is 0 Å². The van der Waals surface area contributed by atoms with Gasteiger partial charge in [-0.2, -0.15) is 4.98 Å². The summed E-state index contributed by atoms with van der Waals surface area (Å²) in [4.78, 5) is 16.6. The van der Waals surface area contributed by atoms with E-state index in [1.54, 1.807) is 26.5 Å². The predicted molar refractivity (Wildman–Crippen MR) is 187 cm³/mol. The molecule has 0 radical (unpaired) electrons. The van der Waals surface area contributed by atoms with Crippen LogP contribution < -0.4 is 35.0 Å². The number of likely N-dealkylation sites (tertiary alicyclic amines) is 1. The number of benzene rings is 2. The van der Waals surface area contributed by atoms with Gasteiger partial charge in [-0.3, -0.25) is 4.90 Å². The number of likely N-dealkylation sites (N-methyl/N-ethyl adjacent to an activating group) is 1. The van der Waals surface area contributed by atoms with Gasteiger partial charge in [0.2, 0.25) is 5.95 Å². The normalized spacial score (nSPS) is 19.0. The zero-order chi connectivity index (χ0) is 32.6. The van der Waals surface area contributed by atoms with Gasteiger partial charge in [0.1, 0.15) is 31.1 Å². The molecule has 248 valence electrons. The van der Waals surface area contributed by atoms with Crippen molar-refractivity contribution < 1.29 is 18.8 Å². The van der Waals surface area contributed by atoms with E-state index in [4.69, 9.17) is 25.8 Å². The summed E-state index contributed by atoms with van der Waals surface area (Å²) >= 11 is 6.55. The van der Waals surface area contributed by atoms with E-state index >= 15 is 0 Å². The molecule has 2 fully saturated rings. The molecule has 0 unspecified atom stereocenters. The van der Waals surface area contributed by atoms with Crippen LogP contribution in [0.3, 0.4) is 0 Å². The minimum atomic E-state index is -2.78. The van der Waals surface area contributed by atoms with E-state index in [0.29, 0.717) is 70.3 Å². The third kappa shape index (κ3) is 6.88. The Balaban J connectivity index is 1.18. The van der Waals surface area contributed by atoms with Crippen LogP contribution in [0.15, 0.2) is 30.5 Å². The molecule has 0 aliphatic carbocycles. The number of halogens is 1. The molecule has 0 spiro atoms. The Kier molecular flexibility index (Phi) is 9.57. The second-order valence-corrected chi connectivity index (χ2v) is 16.5. The Hall–Kier alpha value is -3.24. The summed E-state index contributed by atoms with van der Waals surface area (Å²) in [5, 5.41) is 7.48. The third-order valence-corrected chi connectivity index (χ3v) is 11.0. The first-order chi connectivity index (χ1) is 22.0. The van der Waals surface area contributed by atoms with Crippen molar-refractivity contribution in [2.45, 2.75) is 38.3 Å². The highest BCUT2D eigenvalue weighted by atomic mass is 35.5. The molecule has 0 amide bonds. The fraction of sp³-hybridized carbons (Fsp3) is 0.515. The summed E-state index contributed by atoms with van der Waals surface area (Å²) in [5.74, 6) is 2.49. The quantitative estimate of drug-likeness (QED) is 0.280. The zero-order valence-corrected chi connectivity index (χ0v) is 29.3. The van der Waals surface area contributed by atoms with Crippen LogP contribution in [0.4, 0.5) is 28.8 Å². The van der Waals surface area contributed by atoms with Crippen LogP contribution in [0.5, 0.6) is 17.2 Å². The molecule has 2 aromatic carbocycles. The van der Waals surface area contributed by atoms with E-state index in [1.165, 1.54) is 31.4 Å². The fourth-order valence-corrected chi connectivity index (χ4v) is 8.29. The maximum atomic E-state index is 13.4. The first-order valence-electron chi connectivity index (χ1n) is 15.9. The average molecular weight is 670 g/mol. The molecule has 0 saturated carbocycles. The van der Waals surface area contributed by atoms with Gasteiger partial charge in [-0.15, -0.1) is 0 Å². The number of rotatable bonds is 9. The molecular weight excluding hydrogens is 625 g/mol. The van der Waals surface area contributed by atoms with Crippen LogP contribution in [0.25, 0.3) is 0 Å². The van der Waals surface area contributed by atoms with Crippen LogP contribution in [-0.2, 0) is 4.57 Å². The molecule has 3 aromatic rings. The van der Waals surface area contributed by atoms with Gasteiger partial charge in [0, 0.05) is 50.0 Å². The summed E-state index contributed by atoms with van der Waals surface area (Å²) in [6.45, 7) is 10.8. The summed E-state index contributed by atoms with van der Waals surface area (Å²) < 4.78 is 30.8. The Morgan fingerprint density at radius 3 is 2.50 bits per heavy atom. The summed E-state index contributed by atoms with van der Waals surface area (Å²) in [5.41, 5.74) is 3.67. The molecule has 3 aliphatic heterocycles. The average Bonchev–Trinajstić information content (AvgIpc) is 3.53. The summed E-state index contributed by atoms with van der Waals surface area (Å²) in [6.07, 6.45) is 5.11. The standard InChI is InChI=1S/C33H45ClN7O4P/c1-21-17-26(29(43-4)18-27(21)40-12-9-22(10-13-40)41-14-11-23(20-41)39(2)3)37-33-35-19-24(34)32(38-33)36-25-7-8-28-30(45-16-15-44-28)31(25)46(5,6)42/h7-8,17-19,22-23H,9-16,20H2,1-6H3,(H2,35,36,37,38)/t23-/m0/s1. The largest absolute Gasteiger partial charge is 0.494 e. The predicted octanol–water partition coefficient (Wildman–Crippen LogP) is 5.56. The Labute approximate surface area is 276 Å². The number of anilines is 5. The number of aromatic nitrogens is 2. The number of fused-ring (bicyclic) bond motifs is 1. The minimum absolute atomic E-state index is 0.321. The first-order valence-corrected chi connectivity index (χ1v) is 18.9. The van der Waals surface area contributed by atoms with Crippen molar-refractivity contribution in [1.82, 2.24) is 19.8 Å². The number of methoxy groups -OCH3 is 1. The maximum absolute atomic E-state index is 13.4. The molecule has 2 N–H and O–H groups in total. The van der Waals surface area contributed by atoms with Crippen LogP contribution in [0.2, 0.25) is 5.02 Å². The molecule has 1 atom stereocenters. The number of hydrogen-bond acceptors (Lipinski definition) is 11. The summed E-state index contributed by atoms with van der Waals surface area (Å²) in [6, 6.07) is 9.11. The van der Waals surface area contributed by atoms with Crippen molar-refractivity contribution in [3.05, 3.63) is 41.0 Å². The van der Waals surface area contributed by atoms with E-state index in [1.807, 2.05) is 6.07 Å². The molecule has 4 heterocycles. The molecule has 46 heavy (non-hydrogen) atoms. The van der Waals surface area contributed by atoms with E-state index in [-0.39, 0.29) is 0 Å². The van der Waals surface area contributed by atoms with Gasteiger partial charge in [-0.25, -0.2) is 4.98 Å². The monoisotopic (exact) mass is 669 g/mol. The molecule has 0 bridgehead atoms. The van der Waals surface area contributed by atoms with Crippen molar-refractivity contribution >= 4 is 52.9 Å². The lowest BCUT2D eigenvalue weighted by Crippen LogP contribution is -2.45. The van der Waals surface area contributed by atoms with Crippen LogP contribution in [-0.4, -0.2) is 106 Å². The van der Waals surface area contributed by atoms with E-state index in [2.05, 4.69) is 68.5 Å². The van der Waals surface area contributed by atoms with Crippen molar-refractivity contribution in [1.29, 1.82) is 0 Å². The molecule has 1 aromatic heterocycles. The molecule has 3 aliphatic rings. The molecule has 13 heteroatoms. The minimum Gasteiger partial charge on any atom is -0.494 e.